The minimum Gasteiger partial charge on any atom is -0.480 e. The van der Waals surface area contributed by atoms with Crippen LogP contribution in [0.4, 0.5) is 4.39 Å². The zero-order valence-corrected chi connectivity index (χ0v) is 18.6. The van der Waals surface area contributed by atoms with Crippen LogP contribution in [0.3, 0.4) is 0 Å². The number of aromatic nitrogens is 2. The Morgan fingerprint density at radius 2 is 2.06 bits per heavy atom. The minimum atomic E-state index is -0.984. The van der Waals surface area contributed by atoms with E-state index in [1.807, 2.05) is 30.5 Å². The third kappa shape index (κ3) is 4.09. The van der Waals surface area contributed by atoms with Crippen LogP contribution < -0.4 is 5.32 Å². The topological polar surface area (TPSA) is 87.1 Å². The molecule has 0 saturated heterocycles. The monoisotopic (exact) mass is 467 g/mol. The van der Waals surface area contributed by atoms with Crippen molar-refractivity contribution in [1.29, 1.82) is 0 Å². The van der Waals surface area contributed by atoms with Crippen LogP contribution in [0.15, 0.2) is 42.6 Å². The Labute approximate surface area is 194 Å². The lowest BCUT2D eigenvalue weighted by molar-refractivity contribution is -0.137. The van der Waals surface area contributed by atoms with Crippen molar-refractivity contribution < 1.29 is 19.1 Å². The molecule has 1 aliphatic rings. The Bertz CT molecular complexity index is 1390. The molecule has 6 nitrogen and oxygen atoms in total. The van der Waals surface area contributed by atoms with Crippen molar-refractivity contribution in [3.63, 3.8) is 0 Å². The number of aliphatic carboxylic acids is 1. The molecule has 0 radical (unpaired) electrons. The van der Waals surface area contributed by atoms with Crippen molar-refractivity contribution in [3.05, 3.63) is 70.3 Å². The van der Waals surface area contributed by atoms with E-state index in [0.717, 1.165) is 27.7 Å². The summed E-state index contributed by atoms with van der Waals surface area (Å²) in [7, 11) is 0. The van der Waals surface area contributed by atoms with Gasteiger partial charge in [-0.05, 0) is 55.0 Å². The number of aromatic amines is 1. The van der Waals surface area contributed by atoms with Gasteiger partial charge in [0, 0.05) is 40.6 Å². The Morgan fingerprint density at radius 3 is 2.88 bits per heavy atom. The van der Waals surface area contributed by atoms with Crippen LogP contribution in [0.1, 0.15) is 29.7 Å². The fraction of sp³-hybridized carbons (Fsp3) is 0.280. The van der Waals surface area contributed by atoms with E-state index in [1.54, 1.807) is 4.57 Å². The summed E-state index contributed by atoms with van der Waals surface area (Å²) < 4.78 is 15.8. The highest BCUT2D eigenvalue weighted by Crippen LogP contribution is 2.36. The van der Waals surface area contributed by atoms with Crippen LogP contribution in [0.25, 0.3) is 21.8 Å². The lowest BCUT2D eigenvalue weighted by Crippen LogP contribution is -2.39. The van der Waals surface area contributed by atoms with E-state index in [2.05, 4.69) is 10.3 Å². The number of amides is 1. The highest BCUT2D eigenvalue weighted by Gasteiger charge is 2.28. The average molecular weight is 468 g/mol. The van der Waals surface area contributed by atoms with E-state index in [0.29, 0.717) is 43.0 Å². The lowest BCUT2D eigenvalue weighted by atomic mass is 9.91. The molecular weight excluding hydrogens is 445 g/mol. The van der Waals surface area contributed by atoms with Gasteiger partial charge in [0.1, 0.15) is 12.4 Å². The lowest BCUT2D eigenvalue weighted by Gasteiger charge is -2.25. The number of H-pyrrole nitrogens is 1. The molecule has 0 aliphatic heterocycles. The molecule has 33 heavy (non-hydrogen) atoms. The highest BCUT2D eigenvalue weighted by atomic mass is 35.5. The zero-order valence-electron chi connectivity index (χ0n) is 17.8. The van der Waals surface area contributed by atoms with Crippen LogP contribution in [-0.2, 0) is 35.4 Å². The molecule has 3 N–H and O–H groups in total. The van der Waals surface area contributed by atoms with Crippen molar-refractivity contribution in [1.82, 2.24) is 14.9 Å². The van der Waals surface area contributed by atoms with E-state index in [-0.39, 0.29) is 23.5 Å². The van der Waals surface area contributed by atoms with Crippen molar-refractivity contribution in [2.45, 2.75) is 44.7 Å². The molecule has 5 rings (SSSR count). The summed E-state index contributed by atoms with van der Waals surface area (Å²) in [5, 5.41) is 14.4. The highest BCUT2D eigenvalue weighted by molar-refractivity contribution is 6.35. The number of nitrogens with one attached hydrogen (secondary N) is 2. The number of halogens is 2. The second kappa shape index (κ2) is 8.56. The fourth-order valence-corrected chi connectivity index (χ4v) is 5.32. The van der Waals surface area contributed by atoms with Gasteiger partial charge in [0.15, 0.2) is 0 Å². The zero-order chi connectivity index (χ0) is 23.1. The number of carbonyl (C=O) groups is 2. The van der Waals surface area contributed by atoms with Crippen molar-refractivity contribution in [2.75, 3.05) is 0 Å². The largest absolute Gasteiger partial charge is 0.480 e. The number of carboxylic acids is 1. The van der Waals surface area contributed by atoms with Crippen LogP contribution in [0.5, 0.6) is 0 Å². The van der Waals surface area contributed by atoms with Crippen molar-refractivity contribution >= 4 is 45.3 Å². The number of para-hydroxylation sites is 1. The van der Waals surface area contributed by atoms with Crippen molar-refractivity contribution in [2.24, 2.45) is 0 Å². The number of fused-ring (bicyclic) bond motifs is 4. The SMILES string of the molecule is O=C(O)Cn1c2c(c3cc(F)cc(Cl)c31)C[C@H](NC(=O)CCc1c[nH]c3ccccc13)CC2. The summed E-state index contributed by atoms with van der Waals surface area (Å²) in [4.78, 5) is 27.4. The van der Waals surface area contributed by atoms with Gasteiger partial charge < -0.3 is 20.0 Å². The van der Waals surface area contributed by atoms with Crippen LogP contribution in [0.2, 0.25) is 5.02 Å². The van der Waals surface area contributed by atoms with Crippen molar-refractivity contribution in [3.8, 4) is 0 Å². The second-order valence-corrected chi connectivity index (χ2v) is 8.96. The third-order valence-electron chi connectivity index (χ3n) is 6.43. The summed E-state index contributed by atoms with van der Waals surface area (Å²) in [6, 6.07) is 10.5. The maximum Gasteiger partial charge on any atom is 0.323 e. The first-order valence-electron chi connectivity index (χ1n) is 11.0. The summed E-state index contributed by atoms with van der Waals surface area (Å²) in [5.74, 6) is -1.48. The number of aryl methyl sites for hydroxylation is 1. The third-order valence-corrected chi connectivity index (χ3v) is 6.72. The van der Waals surface area contributed by atoms with E-state index >= 15 is 0 Å². The molecule has 1 atom stereocenters. The molecule has 0 unspecified atom stereocenters. The second-order valence-electron chi connectivity index (χ2n) is 8.56. The minimum absolute atomic E-state index is 0.0350. The Balaban J connectivity index is 1.33. The molecule has 2 heterocycles. The van der Waals surface area contributed by atoms with Gasteiger partial charge >= 0.3 is 5.97 Å². The molecule has 0 bridgehead atoms. The maximum atomic E-state index is 14.1. The van der Waals surface area contributed by atoms with E-state index < -0.39 is 11.8 Å². The molecule has 2 aromatic carbocycles. The summed E-state index contributed by atoms with van der Waals surface area (Å²) >= 11 is 6.30. The van der Waals surface area contributed by atoms with Crippen LogP contribution >= 0.6 is 11.6 Å². The molecule has 0 saturated carbocycles. The number of carboxylic acid groups (broad SMARTS) is 1. The van der Waals surface area contributed by atoms with Gasteiger partial charge in [-0.15, -0.1) is 0 Å². The van der Waals surface area contributed by atoms with Gasteiger partial charge in [-0.1, -0.05) is 29.8 Å². The number of carbonyl (C=O) groups excluding carboxylic acids is 1. The standard InChI is InChI=1S/C25H23ClFN3O3/c26-20-10-15(27)9-19-18-11-16(6-7-22(18)30(25(19)20)13-24(32)33)29-23(31)8-5-14-12-28-21-4-2-1-3-17(14)21/h1-4,9-10,12,16,28H,5-8,11,13H2,(H,29,31)(H,32,33)/t16-/m1/s1. The molecule has 1 amide bonds. The first-order chi connectivity index (χ1) is 15.9. The number of hydrogen-bond donors (Lipinski definition) is 3. The van der Waals surface area contributed by atoms with E-state index in [4.69, 9.17) is 11.6 Å². The quantitative estimate of drug-likeness (QED) is 0.387. The molecule has 1 aliphatic carbocycles. The molecule has 170 valence electrons. The van der Waals surface area contributed by atoms with Gasteiger partial charge in [-0.25, -0.2) is 4.39 Å². The Hall–Kier alpha value is -3.32. The van der Waals surface area contributed by atoms with E-state index in [1.165, 1.54) is 12.1 Å². The Kier molecular flexibility index (Phi) is 5.58. The molecule has 2 aromatic heterocycles. The number of benzene rings is 2. The normalized spacial score (nSPS) is 15.6. The first kappa shape index (κ1) is 21.5. The van der Waals surface area contributed by atoms with Gasteiger partial charge in [0.2, 0.25) is 5.91 Å². The van der Waals surface area contributed by atoms with Gasteiger partial charge in [-0.3, -0.25) is 9.59 Å². The number of rotatable bonds is 6. The summed E-state index contributed by atoms with van der Waals surface area (Å²) in [6.45, 7) is -0.237. The summed E-state index contributed by atoms with van der Waals surface area (Å²) in [6.07, 6.45) is 4.72. The smallest absolute Gasteiger partial charge is 0.323 e. The fourth-order valence-electron chi connectivity index (χ4n) is 5.02. The molecular formula is C25H23ClFN3O3. The average Bonchev–Trinajstić information content (AvgIpc) is 3.31. The molecule has 4 aromatic rings. The van der Waals surface area contributed by atoms with Gasteiger partial charge in [0.25, 0.3) is 0 Å². The van der Waals surface area contributed by atoms with Crippen LogP contribution in [-0.4, -0.2) is 32.6 Å². The van der Waals surface area contributed by atoms with Crippen LogP contribution in [0, 0.1) is 5.82 Å². The Morgan fingerprint density at radius 1 is 1.24 bits per heavy atom. The first-order valence-corrected chi connectivity index (χ1v) is 11.3. The molecule has 8 heteroatoms. The molecule has 0 spiro atoms. The van der Waals surface area contributed by atoms with E-state index in [9.17, 15) is 19.1 Å². The van der Waals surface area contributed by atoms with Gasteiger partial charge in [-0.2, -0.15) is 0 Å². The predicted molar refractivity (Wildman–Crippen MR) is 125 cm³/mol. The van der Waals surface area contributed by atoms with Gasteiger partial charge in [0.05, 0.1) is 10.5 Å². The summed E-state index contributed by atoms with van der Waals surface area (Å²) in [5.41, 5.74) is 4.41. The molecule has 0 fully saturated rings. The predicted octanol–water partition coefficient (Wildman–Crippen LogP) is 4.61. The number of nitrogens with zero attached hydrogens (tertiary/aromatic N) is 1. The maximum absolute atomic E-state index is 14.1. The number of hydrogen-bond acceptors (Lipinski definition) is 2.